The minimum atomic E-state index is -3.70. The molecule has 2 aliphatic rings. The van der Waals surface area contributed by atoms with E-state index in [1.165, 1.54) is 25.0 Å². The third kappa shape index (κ3) is 4.98. The van der Waals surface area contributed by atoms with Crippen molar-refractivity contribution < 1.29 is 17.9 Å². The fourth-order valence-corrected chi connectivity index (χ4v) is 4.64. The standard InChI is InChI=1S/C19H28N2O4S/c1-15-5-4-12-21(14-15)19(22)13-20-26(23,24)18-10-8-17(9-11-18)25-16-6-2-3-7-16/h8-11,15-16,20H,2-7,12-14H2,1H3. The lowest BCUT2D eigenvalue weighted by Crippen LogP contribution is -2.44. The molecule has 1 heterocycles. The van der Waals surface area contributed by atoms with E-state index in [2.05, 4.69) is 11.6 Å². The van der Waals surface area contributed by atoms with Gasteiger partial charge in [-0.25, -0.2) is 13.1 Å². The number of carbonyl (C=O) groups excluding carboxylic acids is 1. The summed E-state index contributed by atoms with van der Waals surface area (Å²) < 4.78 is 33.1. The van der Waals surface area contributed by atoms with Crippen LogP contribution in [0.25, 0.3) is 0 Å². The molecule has 1 amide bonds. The zero-order valence-corrected chi connectivity index (χ0v) is 16.1. The van der Waals surface area contributed by atoms with Crippen LogP contribution >= 0.6 is 0 Å². The second-order valence-corrected chi connectivity index (χ2v) is 9.17. The SMILES string of the molecule is CC1CCCN(C(=O)CNS(=O)(=O)c2ccc(OC3CCCC3)cc2)C1. The highest BCUT2D eigenvalue weighted by Crippen LogP contribution is 2.25. The molecule has 26 heavy (non-hydrogen) atoms. The van der Waals surface area contributed by atoms with E-state index in [1.54, 1.807) is 17.0 Å². The number of amides is 1. The van der Waals surface area contributed by atoms with E-state index >= 15 is 0 Å². The van der Waals surface area contributed by atoms with E-state index < -0.39 is 10.0 Å². The van der Waals surface area contributed by atoms with Crippen LogP contribution in [-0.4, -0.2) is 45.0 Å². The van der Waals surface area contributed by atoms with Crippen LogP contribution in [0.5, 0.6) is 5.75 Å². The molecule has 1 aromatic carbocycles. The fourth-order valence-electron chi connectivity index (χ4n) is 3.66. The molecule has 0 bridgehead atoms. The molecule has 1 aliphatic carbocycles. The summed E-state index contributed by atoms with van der Waals surface area (Å²) in [7, 11) is -3.70. The molecule has 1 unspecified atom stereocenters. The van der Waals surface area contributed by atoms with E-state index in [0.717, 1.165) is 25.7 Å². The largest absolute Gasteiger partial charge is 0.490 e. The maximum Gasteiger partial charge on any atom is 0.241 e. The Morgan fingerprint density at radius 2 is 1.85 bits per heavy atom. The smallest absolute Gasteiger partial charge is 0.241 e. The molecule has 1 aliphatic heterocycles. The second kappa shape index (κ2) is 8.39. The Kier molecular flexibility index (Phi) is 6.19. The summed E-state index contributed by atoms with van der Waals surface area (Å²) in [5.41, 5.74) is 0. The second-order valence-electron chi connectivity index (χ2n) is 7.41. The van der Waals surface area contributed by atoms with Crippen molar-refractivity contribution in [2.45, 2.75) is 56.4 Å². The van der Waals surface area contributed by atoms with Crippen molar-refractivity contribution in [1.29, 1.82) is 0 Å². The number of ether oxygens (including phenoxy) is 1. The number of sulfonamides is 1. The number of hydrogen-bond donors (Lipinski definition) is 1. The van der Waals surface area contributed by atoms with Gasteiger partial charge in [-0.05, 0) is 68.7 Å². The average Bonchev–Trinajstić information content (AvgIpc) is 3.13. The van der Waals surface area contributed by atoms with Crippen LogP contribution in [-0.2, 0) is 14.8 Å². The Labute approximate surface area is 156 Å². The number of rotatable bonds is 6. The molecule has 3 rings (SSSR count). The number of piperidine rings is 1. The Morgan fingerprint density at radius 3 is 2.50 bits per heavy atom. The van der Waals surface area contributed by atoms with Gasteiger partial charge in [0.15, 0.2) is 0 Å². The van der Waals surface area contributed by atoms with Crippen molar-refractivity contribution in [3.8, 4) is 5.75 Å². The van der Waals surface area contributed by atoms with Crippen LogP contribution in [0, 0.1) is 5.92 Å². The monoisotopic (exact) mass is 380 g/mol. The van der Waals surface area contributed by atoms with E-state index in [0.29, 0.717) is 24.8 Å². The number of benzene rings is 1. The Morgan fingerprint density at radius 1 is 1.15 bits per heavy atom. The first-order valence-corrected chi connectivity index (χ1v) is 11.0. The minimum absolute atomic E-state index is 0.149. The fraction of sp³-hybridized carbons (Fsp3) is 0.632. The van der Waals surface area contributed by atoms with Crippen LogP contribution in [0.15, 0.2) is 29.2 Å². The summed E-state index contributed by atoms with van der Waals surface area (Å²) in [6.07, 6.45) is 6.81. The maximum atomic E-state index is 12.4. The van der Waals surface area contributed by atoms with Gasteiger partial charge in [-0.3, -0.25) is 4.79 Å². The number of likely N-dealkylation sites (tertiary alicyclic amines) is 1. The molecule has 0 aromatic heterocycles. The summed E-state index contributed by atoms with van der Waals surface area (Å²) >= 11 is 0. The minimum Gasteiger partial charge on any atom is -0.490 e. The van der Waals surface area contributed by atoms with Crippen LogP contribution in [0.3, 0.4) is 0 Å². The normalized spacial score (nSPS) is 21.7. The van der Waals surface area contributed by atoms with E-state index in [9.17, 15) is 13.2 Å². The molecule has 2 fully saturated rings. The molecule has 7 heteroatoms. The zero-order chi connectivity index (χ0) is 18.6. The van der Waals surface area contributed by atoms with Gasteiger partial charge < -0.3 is 9.64 Å². The Hall–Kier alpha value is -1.60. The molecular weight excluding hydrogens is 352 g/mol. The molecular formula is C19H28N2O4S. The summed E-state index contributed by atoms with van der Waals surface area (Å²) in [5, 5.41) is 0. The number of hydrogen-bond acceptors (Lipinski definition) is 4. The molecule has 1 saturated heterocycles. The number of nitrogens with one attached hydrogen (secondary N) is 1. The van der Waals surface area contributed by atoms with Gasteiger partial charge in [0, 0.05) is 13.1 Å². The molecule has 1 atom stereocenters. The number of carbonyl (C=O) groups is 1. The lowest BCUT2D eigenvalue weighted by Gasteiger charge is -2.31. The van der Waals surface area contributed by atoms with E-state index in [4.69, 9.17) is 4.74 Å². The first kappa shape index (κ1) is 19.2. The van der Waals surface area contributed by atoms with Gasteiger partial charge in [0.2, 0.25) is 15.9 Å². The van der Waals surface area contributed by atoms with Gasteiger partial charge in [0.05, 0.1) is 17.5 Å². The highest BCUT2D eigenvalue weighted by Gasteiger charge is 2.23. The first-order valence-electron chi connectivity index (χ1n) is 9.48. The predicted molar refractivity (Wildman–Crippen MR) is 99.5 cm³/mol. The van der Waals surface area contributed by atoms with Gasteiger partial charge in [-0.15, -0.1) is 0 Å². The van der Waals surface area contributed by atoms with Gasteiger partial charge in [0.1, 0.15) is 5.75 Å². The van der Waals surface area contributed by atoms with E-state index in [1.807, 2.05) is 0 Å². The highest BCUT2D eigenvalue weighted by atomic mass is 32.2. The lowest BCUT2D eigenvalue weighted by molar-refractivity contribution is -0.131. The highest BCUT2D eigenvalue weighted by molar-refractivity contribution is 7.89. The van der Waals surface area contributed by atoms with Crippen LogP contribution in [0.4, 0.5) is 0 Å². The van der Waals surface area contributed by atoms with Crippen LogP contribution < -0.4 is 9.46 Å². The van der Waals surface area contributed by atoms with Gasteiger partial charge in [-0.1, -0.05) is 6.92 Å². The summed E-state index contributed by atoms with van der Waals surface area (Å²) in [5.74, 6) is 0.993. The van der Waals surface area contributed by atoms with Crippen LogP contribution in [0.1, 0.15) is 45.4 Å². The Bertz CT molecular complexity index is 712. The summed E-state index contributed by atoms with van der Waals surface area (Å²) in [6.45, 7) is 3.32. The Balaban J connectivity index is 1.54. The van der Waals surface area contributed by atoms with Crippen molar-refractivity contribution in [1.82, 2.24) is 9.62 Å². The van der Waals surface area contributed by atoms with Crippen molar-refractivity contribution in [3.05, 3.63) is 24.3 Å². The molecule has 1 saturated carbocycles. The van der Waals surface area contributed by atoms with Crippen molar-refractivity contribution in [2.75, 3.05) is 19.6 Å². The molecule has 0 radical (unpaired) electrons. The van der Waals surface area contributed by atoms with Crippen molar-refractivity contribution >= 4 is 15.9 Å². The average molecular weight is 381 g/mol. The van der Waals surface area contributed by atoms with Gasteiger partial charge in [-0.2, -0.15) is 0 Å². The maximum absolute atomic E-state index is 12.4. The molecule has 1 aromatic rings. The molecule has 144 valence electrons. The third-order valence-electron chi connectivity index (χ3n) is 5.16. The van der Waals surface area contributed by atoms with Gasteiger partial charge in [0.25, 0.3) is 0 Å². The number of nitrogens with zero attached hydrogens (tertiary/aromatic N) is 1. The molecule has 0 spiro atoms. The topological polar surface area (TPSA) is 75.7 Å². The van der Waals surface area contributed by atoms with E-state index in [-0.39, 0.29) is 23.5 Å². The van der Waals surface area contributed by atoms with Crippen molar-refractivity contribution in [2.24, 2.45) is 5.92 Å². The first-order chi connectivity index (χ1) is 12.4. The van der Waals surface area contributed by atoms with Gasteiger partial charge >= 0.3 is 0 Å². The quantitative estimate of drug-likeness (QED) is 0.823. The van der Waals surface area contributed by atoms with Crippen LogP contribution in [0.2, 0.25) is 0 Å². The molecule has 1 N–H and O–H groups in total. The predicted octanol–water partition coefficient (Wildman–Crippen LogP) is 2.54. The zero-order valence-electron chi connectivity index (χ0n) is 15.3. The summed E-state index contributed by atoms with van der Waals surface area (Å²) in [4.78, 5) is 14.1. The summed E-state index contributed by atoms with van der Waals surface area (Å²) in [6, 6.07) is 6.42. The lowest BCUT2D eigenvalue weighted by atomic mass is 10.0. The third-order valence-corrected chi connectivity index (χ3v) is 6.58. The molecule has 6 nitrogen and oxygen atoms in total. The van der Waals surface area contributed by atoms with Crippen molar-refractivity contribution in [3.63, 3.8) is 0 Å².